The molecule has 0 radical (unpaired) electrons. The van der Waals surface area contributed by atoms with E-state index in [1.54, 1.807) is 13.8 Å². The first-order valence-corrected chi connectivity index (χ1v) is 9.13. The van der Waals surface area contributed by atoms with Crippen molar-refractivity contribution < 1.29 is 33.7 Å². The van der Waals surface area contributed by atoms with Crippen molar-refractivity contribution in [2.24, 2.45) is 5.92 Å². The molecule has 4 N–H and O–H groups in total. The Labute approximate surface area is 170 Å². The van der Waals surface area contributed by atoms with Gasteiger partial charge in [-0.1, -0.05) is 13.8 Å². The number of aliphatic carboxylic acids is 2. The summed E-state index contributed by atoms with van der Waals surface area (Å²) in [6, 6.07) is 0.0786. The number of hydrogen-bond acceptors (Lipinski definition) is 5. The van der Waals surface area contributed by atoms with E-state index in [-0.39, 0.29) is 24.4 Å². The minimum atomic E-state index is -1.48. The van der Waals surface area contributed by atoms with Gasteiger partial charge in [-0.15, -0.1) is 0 Å². The van der Waals surface area contributed by atoms with Crippen LogP contribution in [0.3, 0.4) is 0 Å². The number of carboxylic acid groups (broad SMARTS) is 2. The lowest BCUT2D eigenvalue weighted by Crippen LogP contribution is -2.50. The molecule has 0 bridgehead atoms. The van der Waals surface area contributed by atoms with Crippen molar-refractivity contribution in [2.75, 3.05) is 0 Å². The maximum atomic E-state index is 13.4. The van der Waals surface area contributed by atoms with Crippen LogP contribution in [0, 0.1) is 17.6 Å². The maximum absolute atomic E-state index is 13.4. The summed E-state index contributed by atoms with van der Waals surface area (Å²) in [7, 11) is 0. The SMILES string of the molecule is CC(C)C[C@H](N[C@@H](Cn1c(O)cn(Cc2cc(F)cc(F)c2)c1=O)C(=O)O)C(=O)O. The summed E-state index contributed by atoms with van der Waals surface area (Å²) in [6.45, 7) is 2.74. The number of imidazole rings is 1. The number of rotatable bonds is 10. The maximum Gasteiger partial charge on any atom is 0.331 e. The average molecular weight is 427 g/mol. The molecule has 9 nitrogen and oxygen atoms in total. The zero-order valence-electron chi connectivity index (χ0n) is 16.4. The van der Waals surface area contributed by atoms with Crippen LogP contribution in [0.25, 0.3) is 0 Å². The quantitative estimate of drug-likeness (QED) is 0.448. The van der Waals surface area contributed by atoms with Gasteiger partial charge in [0, 0.05) is 6.07 Å². The highest BCUT2D eigenvalue weighted by molar-refractivity contribution is 5.77. The summed E-state index contributed by atoms with van der Waals surface area (Å²) in [5, 5.41) is 31.3. The van der Waals surface area contributed by atoms with Gasteiger partial charge in [0.15, 0.2) is 0 Å². The molecule has 0 saturated carbocycles. The Morgan fingerprint density at radius 3 is 2.13 bits per heavy atom. The lowest BCUT2D eigenvalue weighted by atomic mass is 10.0. The van der Waals surface area contributed by atoms with Crippen molar-refractivity contribution in [1.29, 1.82) is 0 Å². The van der Waals surface area contributed by atoms with Gasteiger partial charge in [0.25, 0.3) is 0 Å². The van der Waals surface area contributed by atoms with Gasteiger partial charge < -0.3 is 15.3 Å². The Balaban J connectivity index is 2.26. The summed E-state index contributed by atoms with van der Waals surface area (Å²) >= 11 is 0. The topological polar surface area (TPSA) is 134 Å². The van der Waals surface area contributed by atoms with Gasteiger partial charge in [0.2, 0.25) is 5.88 Å². The van der Waals surface area contributed by atoms with Crippen molar-refractivity contribution in [3.63, 3.8) is 0 Å². The first-order chi connectivity index (χ1) is 14.0. The van der Waals surface area contributed by atoms with Crippen molar-refractivity contribution >= 4 is 11.9 Å². The molecule has 0 aliphatic heterocycles. The predicted octanol–water partition coefficient (Wildman–Crippen LogP) is 1.22. The molecule has 2 rings (SSSR count). The molecule has 0 spiro atoms. The van der Waals surface area contributed by atoms with E-state index < -0.39 is 53.8 Å². The smallest absolute Gasteiger partial charge is 0.331 e. The number of nitrogens with one attached hydrogen (secondary N) is 1. The van der Waals surface area contributed by atoms with Crippen LogP contribution in [0.4, 0.5) is 8.78 Å². The fraction of sp³-hybridized carbons (Fsp3) is 0.421. The molecule has 30 heavy (non-hydrogen) atoms. The Hall–Kier alpha value is -3.21. The van der Waals surface area contributed by atoms with Gasteiger partial charge in [-0.2, -0.15) is 0 Å². The van der Waals surface area contributed by atoms with E-state index in [9.17, 15) is 38.5 Å². The van der Waals surface area contributed by atoms with Crippen LogP contribution in [0.2, 0.25) is 0 Å². The van der Waals surface area contributed by atoms with Gasteiger partial charge in [-0.3, -0.25) is 24.0 Å². The van der Waals surface area contributed by atoms with Crippen LogP contribution in [0.15, 0.2) is 29.2 Å². The Morgan fingerprint density at radius 2 is 1.63 bits per heavy atom. The molecule has 0 unspecified atom stereocenters. The molecule has 164 valence electrons. The standard InChI is InChI=1S/C19H23F2N3O6/c1-10(2)3-14(17(26)27)22-15(18(28)29)8-24-16(25)9-23(19(24)30)7-11-4-12(20)6-13(21)5-11/h4-6,9-10,14-15,22,25H,3,7-8H2,1-2H3,(H,26,27)(H,28,29)/t14-,15-/m0/s1. The molecule has 0 amide bonds. The second-order valence-electron chi connectivity index (χ2n) is 7.36. The van der Waals surface area contributed by atoms with Gasteiger partial charge in [-0.05, 0) is 30.0 Å². The molecule has 1 aromatic heterocycles. The van der Waals surface area contributed by atoms with Crippen molar-refractivity contribution in [1.82, 2.24) is 14.5 Å². The molecule has 0 aliphatic rings. The Kier molecular flexibility index (Phi) is 7.33. The van der Waals surface area contributed by atoms with Crippen molar-refractivity contribution in [3.8, 4) is 5.88 Å². The minimum absolute atomic E-state index is 0.0306. The molecule has 0 fully saturated rings. The highest BCUT2D eigenvalue weighted by Gasteiger charge is 2.28. The molecule has 11 heteroatoms. The third kappa shape index (κ3) is 5.89. The Morgan fingerprint density at radius 1 is 1.07 bits per heavy atom. The fourth-order valence-corrected chi connectivity index (χ4v) is 3.04. The molecule has 2 aromatic rings. The summed E-state index contributed by atoms with van der Waals surface area (Å²) < 4.78 is 28.4. The summed E-state index contributed by atoms with van der Waals surface area (Å²) in [5.74, 6) is -4.91. The van der Waals surface area contributed by atoms with E-state index in [1.165, 1.54) is 0 Å². The minimum Gasteiger partial charge on any atom is -0.493 e. The van der Waals surface area contributed by atoms with Crippen LogP contribution in [0.5, 0.6) is 5.88 Å². The van der Waals surface area contributed by atoms with Gasteiger partial charge in [-0.25, -0.2) is 13.6 Å². The van der Waals surface area contributed by atoms with E-state index in [0.29, 0.717) is 6.07 Å². The molecular weight excluding hydrogens is 404 g/mol. The summed E-state index contributed by atoms with van der Waals surface area (Å²) in [6.07, 6.45) is 1.17. The van der Waals surface area contributed by atoms with Crippen molar-refractivity contribution in [2.45, 2.75) is 45.4 Å². The van der Waals surface area contributed by atoms with Crippen LogP contribution in [0.1, 0.15) is 25.8 Å². The zero-order valence-corrected chi connectivity index (χ0v) is 16.4. The largest absolute Gasteiger partial charge is 0.493 e. The third-order valence-corrected chi connectivity index (χ3v) is 4.37. The number of carbonyl (C=O) groups is 2. The third-order valence-electron chi connectivity index (χ3n) is 4.37. The number of carboxylic acids is 2. The molecular formula is C19H23F2N3O6. The lowest BCUT2D eigenvalue weighted by Gasteiger charge is -2.21. The van der Waals surface area contributed by atoms with E-state index in [4.69, 9.17) is 0 Å². The molecule has 2 atom stereocenters. The van der Waals surface area contributed by atoms with Gasteiger partial charge >= 0.3 is 17.6 Å². The average Bonchev–Trinajstić information content (AvgIpc) is 2.86. The fourth-order valence-electron chi connectivity index (χ4n) is 3.04. The number of nitrogens with zero attached hydrogens (tertiary/aromatic N) is 2. The molecule has 0 saturated heterocycles. The Bertz CT molecular complexity index is 965. The van der Waals surface area contributed by atoms with Crippen LogP contribution in [-0.4, -0.2) is 48.5 Å². The first kappa shape index (κ1) is 23.1. The van der Waals surface area contributed by atoms with Gasteiger partial charge in [0.05, 0.1) is 19.3 Å². The second kappa shape index (κ2) is 9.53. The molecule has 0 aliphatic carbocycles. The number of aromatic nitrogens is 2. The predicted molar refractivity (Wildman–Crippen MR) is 101 cm³/mol. The normalized spacial score (nSPS) is 13.4. The number of benzene rings is 1. The van der Waals surface area contributed by atoms with Crippen LogP contribution in [-0.2, 0) is 22.7 Å². The highest BCUT2D eigenvalue weighted by atomic mass is 19.1. The number of hydrogen-bond donors (Lipinski definition) is 4. The van der Waals surface area contributed by atoms with E-state index in [1.807, 2.05) is 0 Å². The summed E-state index contributed by atoms with van der Waals surface area (Å²) in [5.41, 5.74) is -0.691. The zero-order chi connectivity index (χ0) is 22.6. The van der Waals surface area contributed by atoms with Crippen molar-refractivity contribution in [3.05, 3.63) is 52.1 Å². The van der Waals surface area contributed by atoms with Gasteiger partial charge in [0.1, 0.15) is 23.7 Å². The number of halogens is 2. The van der Waals surface area contributed by atoms with Crippen LogP contribution >= 0.6 is 0 Å². The molecule has 1 aromatic carbocycles. The lowest BCUT2D eigenvalue weighted by molar-refractivity contribution is -0.143. The monoisotopic (exact) mass is 427 g/mol. The van der Waals surface area contributed by atoms with Crippen LogP contribution < -0.4 is 11.0 Å². The summed E-state index contributed by atoms with van der Waals surface area (Å²) in [4.78, 5) is 35.6. The highest BCUT2D eigenvalue weighted by Crippen LogP contribution is 2.13. The van der Waals surface area contributed by atoms with E-state index in [0.717, 1.165) is 27.5 Å². The van der Waals surface area contributed by atoms with E-state index in [2.05, 4.69) is 5.32 Å². The second-order valence-corrected chi connectivity index (χ2v) is 7.36. The first-order valence-electron chi connectivity index (χ1n) is 9.13. The number of aromatic hydroxyl groups is 1. The molecule has 1 heterocycles. The van der Waals surface area contributed by atoms with E-state index >= 15 is 0 Å².